The molecule has 1 aromatic carbocycles. The topological polar surface area (TPSA) is 69.3 Å². The molecule has 9 heteroatoms. The van der Waals surface area contributed by atoms with Gasteiger partial charge in [0.25, 0.3) is 0 Å². The quantitative estimate of drug-likeness (QED) is 0.401. The Labute approximate surface area is 190 Å². The Balaban J connectivity index is 1.52. The molecule has 0 saturated heterocycles. The molecular formula is C24H26F2N6O. The van der Waals surface area contributed by atoms with Crippen molar-refractivity contribution in [3.8, 4) is 17.0 Å². The molecular weight excluding hydrogens is 426 g/mol. The number of unbranched alkanes of at least 4 members (excludes halogenated alkanes) is 1. The Hall–Kier alpha value is -3.49. The van der Waals surface area contributed by atoms with Crippen molar-refractivity contribution < 1.29 is 13.5 Å². The number of ether oxygens (including phenoxy) is 1. The summed E-state index contributed by atoms with van der Waals surface area (Å²) in [5.41, 5.74) is 5.74. The van der Waals surface area contributed by atoms with Crippen LogP contribution in [0.2, 0.25) is 0 Å². The lowest BCUT2D eigenvalue weighted by molar-refractivity contribution is 0.356. The second kappa shape index (κ2) is 8.80. The Kier molecular flexibility index (Phi) is 5.70. The zero-order chi connectivity index (χ0) is 22.9. The number of imidazole rings is 1. The Bertz CT molecular complexity index is 1310. The number of rotatable bonds is 8. The maximum absolute atomic E-state index is 14.6. The molecule has 3 aromatic heterocycles. The molecule has 1 N–H and O–H groups in total. The van der Waals surface area contributed by atoms with Gasteiger partial charge < -0.3 is 10.1 Å². The fourth-order valence-corrected chi connectivity index (χ4v) is 4.40. The lowest BCUT2D eigenvalue weighted by atomic mass is 10.0. The summed E-state index contributed by atoms with van der Waals surface area (Å²) in [4.78, 5) is 9.47. The molecule has 7 nitrogen and oxygen atoms in total. The highest BCUT2D eigenvalue weighted by molar-refractivity contribution is 5.76. The number of fused-ring (bicyclic) bond motifs is 2. The molecule has 0 spiro atoms. The van der Waals surface area contributed by atoms with E-state index in [1.807, 2.05) is 30.6 Å². The van der Waals surface area contributed by atoms with Crippen LogP contribution < -0.4 is 10.1 Å². The number of hydrogen-bond donors (Lipinski definition) is 1. The van der Waals surface area contributed by atoms with Crippen molar-refractivity contribution in [2.24, 2.45) is 7.05 Å². The van der Waals surface area contributed by atoms with E-state index in [1.54, 1.807) is 16.9 Å². The third kappa shape index (κ3) is 4.03. The van der Waals surface area contributed by atoms with E-state index < -0.39 is 0 Å². The van der Waals surface area contributed by atoms with E-state index >= 15 is 0 Å². The highest BCUT2D eigenvalue weighted by Gasteiger charge is 2.21. The van der Waals surface area contributed by atoms with E-state index in [0.29, 0.717) is 37.4 Å². The van der Waals surface area contributed by atoms with Gasteiger partial charge in [0.05, 0.1) is 35.9 Å². The van der Waals surface area contributed by atoms with E-state index in [2.05, 4.69) is 15.4 Å². The van der Waals surface area contributed by atoms with Gasteiger partial charge in [-0.25, -0.2) is 14.4 Å². The summed E-state index contributed by atoms with van der Waals surface area (Å²) in [5, 5.41) is 7.73. The fraction of sp³-hybridized carbons (Fsp3) is 0.375. The van der Waals surface area contributed by atoms with E-state index in [4.69, 9.17) is 9.72 Å². The Morgan fingerprint density at radius 1 is 1.24 bits per heavy atom. The summed E-state index contributed by atoms with van der Waals surface area (Å²) in [7, 11) is 1.89. The van der Waals surface area contributed by atoms with Gasteiger partial charge in [-0.3, -0.25) is 13.5 Å². The minimum absolute atomic E-state index is 0.262. The lowest BCUT2D eigenvalue weighted by Crippen LogP contribution is -2.10. The van der Waals surface area contributed by atoms with Crippen LogP contribution in [0.1, 0.15) is 35.4 Å². The molecule has 0 fully saturated rings. The zero-order valence-corrected chi connectivity index (χ0v) is 18.7. The summed E-state index contributed by atoms with van der Waals surface area (Å²) in [6.07, 6.45) is 6.28. The Morgan fingerprint density at radius 2 is 2.12 bits per heavy atom. The van der Waals surface area contributed by atoms with E-state index in [-0.39, 0.29) is 19.0 Å². The maximum atomic E-state index is 14.6. The van der Waals surface area contributed by atoms with Crippen LogP contribution in [0.25, 0.3) is 16.9 Å². The first-order valence-corrected chi connectivity index (χ1v) is 11.2. The lowest BCUT2D eigenvalue weighted by Gasteiger charge is -2.13. The molecule has 33 heavy (non-hydrogen) atoms. The zero-order valence-electron chi connectivity index (χ0n) is 18.7. The van der Waals surface area contributed by atoms with Crippen molar-refractivity contribution in [3.05, 3.63) is 58.9 Å². The highest BCUT2D eigenvalue weighted by atomic mass is 19.1. The molecule has 0 radical (unpaired) electrons. The van der Waals surface area contributed by atoms with Crippen molar-refractivity contribution in [3.63, 3.8) is 0 Å². The number of hydrogen-bond acceptors (Lipinski definition) is 5. The molecule has 0 saturated carbocycles. The minimum Gasteiger partial charge on any atom is -0.493 e. The van der Waals surface area contributed by atoms with Crippen LogP contribution in [-0.4, -0.2) is 37.4 Å². The second-order valence-corrected chi connectivity index (χ2v) is 8.32. The van der Waals surface area contributed by atoms with Crippen LogP contribution in [0.15, 0.2) is 30.6 Å². The number of benzene rings is 1. The number of nitrogens with one attached hydrogen (secondary N) is 1. The number of anilines is 1. The van der Waals surface area contributed by atoms with Crippen LogP contribution >= 0.6 is 0 Å². The third-order valence-electron chi connectivity index (χ3n) is 6.00. The van der Waals surface area contributed by atoms with Gasteiger partial charge in [0.2, 0.25) is 5.95 Å². The van der Waals surface area contributed by atoms with Crippen molar-refractivity contribution in [2.45, 2.75) is 39.2 Å². The minimum atomic E-state index is -0.335. The van der Waals surface area contributed by atoms with Gasteiger partial charge >= 0.3 is 0 Å². The first-order chi connectivity index (χ1) is 16.0. The largest absolute Gasteiger partial charge is 0.493 e. The van der Waals surface area contributed by atoms with Crippen LogP contribution in [-0.2, 0) is 26.4 Å². The van der Waals surface area contributed by atoms with Gasteiger partial charge in [-0.15, -0.1) is 0 Å². The number of nitrogens with zero attached hydrogens (tertiary/aromatic N) is 5. The smallest absolute Gasteiger partial charge is 0.208 e. The van der Waals surface area contributed by atoms with Gasteiger partial charge in [-0.05, 0) is 44.4 Å². The summed E-state index contributed by atoms with van der Waals surface area (Å²) in [5.74, 6) is 1.04. The number of aryl methyl sites for hydroxylation is 3. The fourth-order valence-electron chi connectivity index (χ4n) is 4.40. The molecule has 172 valence electrons. The number of halogens is 2. The molecule has 1 aliphatic rings. The van der Waals surface area contributed by atoms with Crippen molar-refractivity contribution >= 4 is 11.6 Å². The first-order valence-electron chi connectivity index (χ1n) is 11.2. The van der Waals surface area contributed by atoms with Crippen LogP contribution in [0.5, 0.6) is 5.75 Å². The summed E-state index contributed by atoms with van der Waals surface area (Å²) >= 11 is 0. The molecule has 4 aromatic rings. The van der Waals surface area contributed by atoms with Crippen LogP contribution in [0.4, 0.5) is 14.7 Å². The van der Waals surface area contributed by atoms with Crippen molar-refractivity contribution in [2.75, 3.05) is 18.6 Å². The van der Waals surface area contributed by atoms with E-state index in [1.165, 1.54) is 6.07 Å². The van der Waals surface area contributed by atoms with Gasteiger partial charge in [-0.1, -0.05) is 0 Å². The molecule has 0 aliphatic carbocycles. The molecule has 0 amide bonds. The number of alkyl halides is 1. The average Bonchev–Trinajstić information content (AvgIpc) is 3.51. The number of aromatic nitrogens is 5. The van der Waals surface area contributed by atoms with Gasteiger partial charge in [0.1, 0.15) is 11.6 Å². The summed E-state index contributed by atoms with van der Waals surface area (Å²) in [6.45, 7) is 2.45. The van der Waals surface area contributed by atoms with E-state index in [9.17, 15) is 8.78 Å². The maximum Gasteiger partial charge on any atom is 0.208 e. The third-order valence-corrected chi connectivity index (χ3v) is 6.00. The SMILES string of the molecule is Cc1cc(-c2cnc(NCc3c(F)ccc4c3CCO4)n3cc(CCCCF)nc23)n(C)n1. The van der Waals surface area contributed by atoms with Crippen LogP contribution in [0, 0.1) is 12.7 Å². The summed E-state index contributed by atoms with van der Waals surface area (Å²) in [6, 6.07) is 5.12. The summed E-state index contributed by atoms with van der Waals surface area (Å²) < 4.78 is 36.5. The van der Waals surface area contributed by atoms with Gasteiger partial charge in [0, 0.05) is 43.5 Å². The predicted molar refractivity (Wildman–Crippen MR) is 122 cm³/mol. The molecule has 4 heterocycles. The molecule has 0 atom stereocenters. The predicted octanol–water partition coefficient (Wildman–Crippen LogP) is 4.42. The normalized spacial score (nSPS) is 12.8. The standard InChI is InChI=1S/C24H26F2N6O/c1-15-11-21(31(2)30-15)19-13-28-24(32-14-16(29-23(19)32)5-3-4-9-25)27-12-18-17-8-10-33-22(17)7-6-20(18)26/h6-7,11,13-14H,3-5,8-10,12H2,1-2H3,(H,27,28). The van der Waals surface area contributed by atoms with E-state index in [0.717, 1.165) is 46.0 Å². The molecule has 0 unspecified atom stereocenters. The second-order valence-electron chi connectivity index (χ2n) is 8.32. The van der Waals surface area contributed by atoms with Gasteiger partial charge in [-0.2, -0.15) is 5.10 Å². The average molecular weight is 453 g/mol. The Morgan fingerprint density at radius 3 is 2.91 bits per heavy atom. The van der Waals surface area contributed by atoms with Crippen molar-refractivity contribution in [1.82, 2.24) is 24.1 Å². The highest BCUT2D eigenvalue weighted by Crippen LogP contribution is 2.31. The van der Waals surface area contributed by atoms with Crippen molar-refractivity contribution in [1.29, 1.82) is 0 Å². The van der Waals surface area contributed by atoms with Gasteiger partial charge in [0.15, 0.2) is 5.65 Å². The monoisotopic (exact) mass is 452 g/mol. The van der Waals surface area contributed by atoms with Crippen LogP contribution in [0.3, 0.4) is 0 Å². The first kappa shape index (κ1) is 21.4. The molecule has 5 rings (SSSR count). The molecule has 1 aliphatic heterocycles. The molecule has 0 bridgehead atoms.